The third kappa shape index (κ3) is 3.34. The van der Waals surface area contributed by atoms with Gasteiger partial charge in [0, 0.05) is 19.1 Å². The van der Waals surface area contributed by atoms with Crippen molar-refractivity contribution in [3.63, 3.8) is 0 Å². The van der Waals surface area contributed by atoms with Gasteiger partial charge in [0.2, 0.25) is 0 Å². The standard InChI is InChI=1S/C21H17F6NO2/c1-29-18-8-6-12-9-13(5-7-16(12)18)17-11-19(30-28-17,21(25,26)27)14-3-2-4-15(10-14)20(22,23)24/h2-5,7,9-10,18H,6,8,11H2,1H3. The fourth-order valence-electron chi connectivity index (χ4n) is 4.01. The molecule has 0 saturated carbocycles. The van der Waals surface area contributed by atoms with E-state index in [9.17, 15) is 26.3 Å². The van der Waals surface area contributed by atoms with Gasteiger partial charge in [-0.15, -0.1) is 0 Å². The summed E-state index contributed by atoms with van der Waals surface area (Å²) in [5.74, 6) is 0. The van der Waals surface area contributed by atoms with Gasteiger partial charge in [-0.25, -0.2) is 0 Å². The van der Waals surface area contributed by atoms with Crippen LogP contribution in [0.15, 0.2) is 47.6 Å². The van der Waals surface area contributed by atoms with E-state index in [0.717, 1.165) is 35.7 Å². The van der Waals surface area contributed by atoms with Crippen molar-refractivity contribution < 1.29 is 35.9 Å². The Balaban J connectivity index is 1.69. The van der Waals surface area contributed by atoms with E-state index in [2.05, 4.69) is 5.16 Å². The maximum Gasteiger partial charge on any atom is 0.435 e. The molecule has 2 aliphatic rings. The third-order valence-electron chi connectivity index (χ3n) is 5.63. The number of hydrogen-bond donors (Lipinski definition) is 0. The second kappa shape index (κ2) is 7.01. The molecule has 2 unspecified atom stereocenters. The number of oxime groups is 1. The van der Waals surface area contributed by atoms with E-state index in [4.69, 9.17) is 9.57 Å². The van der Waals surface area contributed by atoms with Crippen molar-refractivity contribution in [3.05, 3.63) is 70.3 Å². The summed E-state index contributed by atoms with van der Waals surface area (Å²) in [6.07, 6.45) is -9.04. The first-order valence-corrected chi connectivity index (χ1v) is 9.21. The second-order valence-electron chi connectivity index (χ2n) is 7.39. The summed E-state index contributed by atoms with van der Waals surface area (Å²) in [6, 6.07) is 8.27. The first-order chi connectivity index (χ1) is 14.0. The molecule has 30 heavy (non-hydrogen) atoms. The third-order valence-corrected chi connectivity index (χ3v) is 5.63. The van der Waals surface area contributed by atoms with Crippen molar-refractivity contribution >= 4 is 5.71 Å². The molecule has 0 spiro atoms. The average Bonchev–Trinajstić information content (AvgIpc) is 3.32. The molecule has 0 radical (unpaired) electrons. The SMILES string of the molecule is COC1CCc2cc(C3=NOC(c4cccc(C(F)(F)F)c4)(C(F)(F)F)C3)ccc21. The first-order valence-electron chi connectivity index (χ1n) is 9.21. The Kier molecular flexibility index (Phi) is 4.84. The van der Waals surface area contributed by atoms with Gasteiger partial charge in [-0.1, -0.05) is 29.4 Å². The summed E-state index contributed by atoms with van der Waals surface area (Å²) in [6.45, 7) is 0. The van der Waals surface area contributed by atoms with Gasteiger partial charge in [0.25, 0.3) is 5.60 Å². The summed E-state index contributed by atoms with van der Waals surface area (Å²) >= 11 is 0. The molecule has 160 valence electrons. The quantitative estimate of drug-likeness (QED) is 0.567. The maximum absolute atomic E-state index is 14.0. The van der Waals surface area contributed by atoms with Crippen molar-refractivity contribution in [3.8, 4) is 0 Å². The topological polar surface area (TPSA) is 30.8 Å². The van der Waals surface area contributed by atoms with Crippen molar-refractivity contribution in [2.24, 2.45) is 5.16 Å². The molecule has 1 heterocycles. The molecular weight excluding hydrogens is 412 g/mol. The highest BCUT2D eigenvalue weighted by Crippen LogP contribution is 2.49. The first kappa shape index (κ1) is 20.7. The monoisotopic (exact) mass is 429 g/mol. The van der Waals surface area contributed by atoms with E-state index in [1.807, 2.05) is 0 Å². The highest BCUT2D eigenvalue weighted by Gasteiger charge is 2.62. The van der Waals surface area contributed by atoms with Crippen LogP contribution in [0.2, 0.25) is 0 Å². The average molecular weight is 429 g/mol. The molecular formula is C21H17F6NO2. The van der Waals surface area contributed by atoms with Crippen LogP contribution in [-0.2, 0) is 27.8 Å². The number of ether oxygens (including phenoxy) is 1. The van der Waals surface area contributed by atoms with E-state index in [0.29, 0.717) is 18.1 Å². The number of methoxy groups -OCH3 is 1. The minimum atomic E-state index is -4.97. The Morgan fingerprint density at radius 2 is 1.83 bits per heavy atom. The van der Waals surface area contributed by atoms with Crippen LogP contribution >= 0.6 is 0 Å². The van der Waals surface area contributed by atoms with Crippen LogP contribution in [0.5, 0.6) is 0 Å². The minimum absolute atomic E-state index is 0.0356. The van der Waals surface area contributed by atoms with Crippen LogP contribution < -0.4 is 0 Å². The molecule has 0 aromatic heterocycles. The summed E-state index contributed by atoms with van der Waals surface area (Å²) in [5.41, 5.74) is -2.38. The molecule has 1 aliphatic heterocycles. The highest BCUT2D eigenvalue weighted by molar-refractivity contribution is 6.02. The molecule has 9 heteroatoms. The van der Waals surface area contributed by atoms with Crippen LogP contribution in [0, 0.1) is 0 Å². The fourth-order valence-corrected chi connectivity index (χ4v) is 4.01. The number of aryl methyl sites for hydroxylation is 1. The largest absolute Gasteiger partial charge is 0.435 e. The lowest BCUT2D eigenvalue weighted by Gasteiger charge is -2.30. The van der Waals surface area contributed by atoms with Gasteiger partial charge in [0.15, 0.2) is 0 Å². The molecule has 4 rings (SSSR count). The normalized spacial score (nSPS) is 23.8. The number of rotatable bonds is 3. The summed E-state index contributed by atoms with van der Waals surface area (Å²) in [4.78, 5) is 4.86. The summed E-state index contributed by atoms with van der Waals surface area (Å²) in [7, 11) is 1.59. The molecule has 3 nitrogen and oxygen atoms in total. The zero-order chi connectivity index (χ0) is 21.7. The lowest BCUT2D eigenvalue weighted by atomic mass is 9.85. The zero-order valence-electron chi connectivity index (χ0n) is 15.8. The number of hydrogen-bond acceptors (Lipinski definition) is 3. The molecule has 2 aromatic carbocycles. The number of alkyl halides is 6. The number of benzene rings is 2. The fraction of sp³-hybridized carbons (Fsp3) is 0.381. The van der Waals surface area contributed by atoms with E-state index >= 15 is 0 Å². The Morgan fingerprint density at radius 1 is 1.07 bits per heavy atom. The van der Waals surface area contributed by atoms with Crippen LogP contribution in [0.25, 0.3) is 0 Å². The Hall–Kier alpha value is -2.55. The highest BCUT2D eigenvalue weighted by atomic mass is 19.4. The van der Waals surface area contributed by atoms with Gasteiger partial charge in [0.1, 0.15) is 0 Å². The molecule has 0 saturated heterocycles. The molecule has 0 amide bonds. The van der Waals surface area contributed by atoms with Crippen LogP contribution in [0.4, 0.5) is 26.3 Å². The van der Waals surface area contributed by atoms with E-state index in [-0.39, 0.29) is 11.8 Å². The van der Waals surface area contributed by atoms with Gasteiger partial charge in [0.05, 0.1) is 17.4 Å². The smallest absolute Gasteiger partial charge is 0.377 e. The van der Waals surface area contributed by atoms with Gasteiger partial charge >= 0.3 is 12.4 Å². The van der Waals surface area contributed by atoms with Crippen molar-refractivity contribution in [1.82, 2.24) is 0 Å². The molecule has 0 N–H and O–H groups in total. The van der Waals surface area contributed by atoms with Gasteiger partial charge < -0.3 is 9.57 Å². The van der Waals surface area contributed by atoms with E-state index < -0.39 is 35.5 Å². The summed E-state index contributed by atoms with van der Waals surface area (Å²) < 4.78 is 86.6. The lowest BCUT2D eigenvalue weighted by Crippen LogP contribution is -2.42. The molecule has 2 aromatic rings. The number of halogens is 6. The van der Waals surface area contributed by atoms with Crippen LogP contribution in [0.1, 0.15) is 46.8 Å². The van der Waals surface area contributed by atoms with Gasteiger partial charge in [-0.2, -0.15) is 26.3 Å². The van der Waals surface area contributed by atoms with Crippen molar-refractivity contribution in [1.29, 1.82) is 0 Å². The van der Waals surface area contributed by atoms with E-state index in [1.54, 1.807) is 25.3 Å². The number of nitrogens with zero attached hydrogens (tertiary/aromatic N) is 1. The Labute approximate surface area is 168 Å². The predicted molar refractivity (Wildman–Crippen MR) is 95.9 cm³/mol. The van der Waals surface area contributed by atoms with Crippen molar-refractivity contribution in [2.75, 3.05) is 7.11 Å². The lowest BCUT2D eigenvalue weighted by molar-refractivity contribution is -0.276. The molecule has 1 aliphatic carbocycles. The minimum Gasteiger partial charge on any atom is -0.377 e. The van der Waals surface area contributed by atoms with Crippen molar-refractivity contribution in [2.45, 2.75) is 43.3 Å². The predicted octanol–water partition coefficient (Wildman–Crippen LogP) is 5.92. The molecule has 2 atom stereocenters. The second-order valence-corrected chi connectivity index (χ2v) is 7.39. The zero-order valence-corrected chi connectivity index (χ0v) is 15.8. The molecule has 0 fully saturated rings. The summed E-state index contributed by atoms with van der Waals surface area (Å²) in [5, 5.41) is 3.64. The van der Waals surface area contributed by atoms with Gasteiger partial charge in [-0.3, -0.25) is 0 Å². The van der Waals surface area contributed by atoms with E-state index in [1.165, 1.54) is 0 Å². The molecule has 0 bridgehead atoms. The van der Waals surface area contributed by atoms with Crippen LogP contribution in [-0.4, -0.2) is 19.0 Å². The number of fused-ring (bicyclic) bond motifs is 1. The van der Waals surface area contributed by atoms with Crippen LogP contribution in [0.3, 0.4) is 0 Å². The van der Waals surface area contributed by atoms with Gasteiger partial charge in [-0.05, 0) is 47.7 Å². The maximum atomic E-state index is 14.0. The Bertz CT molecular complexity index is 998. The Morgan fingerprint density at radius 3 is 2.50 bits per heavy atom.